The molecule has 208 valence electrons. The maximum absolute atomic E-state index is 11.7. The van der Waals surface area contributed by atoms with Crippen molar-refractivity contribution in [2.45, 2.75) is 145 Å². The molecule has 0 saturated carbocycles. The molecule has 0 aromatic heterocycles. The fraction of sp³-hybridized carbons (Fsp3) is 0.750. The average Bonchev–Trinajstić information content (AvgIpc) is 2.76. The van der Waals surface area contributed by atoms with Gasteiger partial charge >= 0.3 is 232 Å². The number of aliphatic hydroxyl groups is 1. The molecule has 1 rings (SSSR count). The summed E-state index contributed by atoms with van der Waals surface area (Å²) in [5.74, 6) is 0. The van der Waals surface area contributed by atoms with Crippen molar-refractivity contribution in [2.75, 3.05) is 6.61 Å². The van der Waals surface area contributed by atoms with Crippen LogP contribution in [0.25, 0.3) is 0 Å². The number of hydrogen-bond donors (Lipinski definition) is 1. The van der Waals surface area contributed by atoms with Gasteiger partial charge in [-0.25, -0.2) is 0 Å². The van der Waals surface area contributed by atoms with E-state index >= 15 is 0 Å². The molecule has 1 unspecified atom stereocenters. The van der Waals surface area contributed by atoms with Crippen molar-refractivity contribution in [3.8, 4) is 0 Å². The van der Waals surface area contributed by atoms with Crippen LogP contribution >= 0.6 is 0 Å². The molecule has 0 aliphatic rings. The van der Waals surface area contributed by atoms with E-state index < -0.39 is 32.8 Å². The van der Waals surface area contributed by atoms with Gasteiger partial charge in [-0.3, -0.25) is 0 Å². The molecule has 0 spiro atoms. The van der Waals surface area contributed by atoms with Crippen molar-refractivity contribution < 1.29 is 9.53 Å². The second-order valence-corrected chi connectivity index (χ2v) is 31.1. The van der Waals surface area contributed by atoms with Crippen LogP contribution in [0.2, 0.25) is 31.4 Å². The number of rotatable bonds is 16. The number of aryl methyl sites for hydroxylation is 3. The number of unbranched alkanes of at least 4 members (excludes halogenated alkanes) is 3. The van der Waals surface area contributed by atoms with Gasteiger partial charge in [0, 0.05) is 0 Å². The summed E-state index contributed by atoms with van der Waals surface area (Å²) in [6.45, 7) is 26.0. The van der Waals surface area contributed by atoms with Gasteiger partial charge in [0.15, 0.2) is 0 Å². The molecule has 0 aliphatic carbocycles. The molecule has 2 nitrogen and oxygen atoms in total. The second-order valence-electron chi connectivity index (χ2n) is 12.9. The van der Waals surface area contributed by atoms with E-state index in [0.717, 1.165) is 18.6 Å². The maximum atomic E-state index is 11.7. The van der Waals surface area contributed by atoms with E-state index in [0.29, 0.717) is 0 Å². The summed E-state index contributed by atoms with van der Waals surface area (Å²) >= 11 is -2.70. The van der Waals surface area contributed by atoms with Crippen LogP contribution in [0.15, 0.2) is 21.8 Å². The Balaban J connectivity index is 3.54. The first-order valence-corrected chi connectivity index (χ1v) is 25.2. The van der Waals surface area contributed by atoms with Crippen molar-refractivity contribution in [1.82, 2.24) is 0 Å². The van der Waals surface area contributed by atoms with Gasteiger partial charge in [-0.15, -0.1) is 0 Å². The zero-order chi connectivity index (χ0) is 27.6. The first kappa shape index (κ1) is 33.9. The number of aliphatic hydroxyl groups excluding tert-OH is 1. The van der Waals surface area contributed by atoms with Crippen LogP contribution < -0.4 is 0 Å². The molecular weight excluding hydrogens is 563 g/mol. The predicted molar refractivity (Wildman–Crippen MR) is 166 cm³/mol. The fourth-order valence-corrected chi connectivity index (χ4v) is 23.5. The third kappa shape index (κ3) is 9.89. The average molecular weight is 624 g/mol. The van der Waals surface area contributed by atoms with Gasteiger partial charge in [-0.1, -0.05) is 0 Å². The molecule has 0 aliphatic heterocycles. The van der Waals surface area contributed by atoms with Gasteiger partial charge in [0.05, 0.1) is 0 Å². The third-order valence-corrected chi connectivity index (χ3v) is 29.6. The Morgan fingerprint density at radius 3 is 1.75 bits per heavy atom. The number of benzene rings is 1. The summed E-state index contributed by atoms with van der Waals surface area (Å²) in [6, 6.07) is 4.45. The van der Waals surface area contributed by atoms with Gasteiger partial charge in [0.2, 0.25) is 0 Å². The molecule has 0 fully saturated rings. The van der Waals surface area contributed by atoms with Gasteiger partial charge in [0.1, 0.15) is 0 Å². The van der Waals surface area contributed by atoms with Crippen LogP contribution in [0.1, 0.15) is 115 Å². The molecule has 0 radical (unpaired) electrons. The Morgan fingerprint density at radius 2 is 1.36 bits per heavy atom. The Morgan fingerprint density at radius 1 is 0.917 bits per heavy atom. The molecular formula is C32H60O2SiSn. The second kappa shape index (κ2) is 15.5. The Kier molecular flexibility index (Phi) is 14.6. The predicted octanol–water partition coefficient (Wildman–Crippen LogP) is 10.4. The van der Waals surface area contributed by atoms with Crippen molar-refractivity contribution in [3.05, 3.63) is 44.1 Å². The third-order valence-electron chi connectivity index (χ3n) is 8.74. The SMILES string of the molecule is CCC[CH2][Sn]([CH2]CCC)([CH2]CCC)/[C](=C/C(O)c1c(C)cc(C)cc1C)CCO[Si](C)(C)C(C)(C)C. The van der Waals surface area contributed by atoms with E-state index in [1.807, 2.05) is 0 Å². The van der Waals surface area contributed by atoms with Crippen molar-refractivity contribution in [1.29, 1.82) is 0 Å². The summed E-state index contributed by atoms with van der Waals surface area (Å²) in [6.07, 6.45) is 10.6. The van der Waals surface area contributed by atoms with Gasteiger partial charge in [-0.05, 0) is 0 Å². The van der Waals surface area contributed by atoms with Crippen LogP contribution in [0.3, 0.4) is 0 Å². The van der Waals surface area contributed by atoms with Gasteiger partial charge in [-0.2, -0.15) is 0 Å². The summed E-state index contributed by atoms with van der Waals surface area (Å²) in [4.78, 5) is 0. The Labute approximate surface area is 230 Å². The van der Waals surface area contributed by atoms with E-state index in [1.54, 1.807) is 3.59 Å². The van der Waals surface area contributed by atoms with Crippen molar-refractivity contribution in [3.63, 3.8) is 0 Å². The van der Waals surface area contributed by atoms with Crippen LogP contribution in [0.5, 0.6) is 0 Å². The number of hydrogen-bond acceptors (Lipinski definition) is 2. The van der Waals surface area contributed by atoms with Crippen molar-refractivity contribution in [2.24, 2.45) is 0 Å². The molecule has 1 aromatic carbocycles. The molecule has 4 heteroatoms. The van der Waals surface area contributed by atoms with Crippen LogP contribution in [-0.2, 0) is 4.43 Å². The van der Waals surface area contributed by atoms with Crippen LogP contribution in [-0.4, -0.2) is 38.4 Å². The quantitative estimate of drug-likeness (QED) is 0.186. The molecule has 1 aromatic rings. The summed E-state index contributed by atoms with van der Waals surface area (Å²) in [7, 11) is -1.80. The minimum atomic E-state index is -2.70. The standard InChI is InChI=1S/C20H33O2Si.3C4H9.Sn/c1-15-13-16(2)19(17(3)14-15)18(21)11-9-10-12-22-23(7,8)20(4,5)6;3*1-3-4-2;/h11,13-14,18,21H,10,12H2,1-8H3;3*1,3-4H2,2H3;. The first-order chi connectivity index (χ1) is 16.7. The topological polar surface area (TPSA) is 29.5 Å². The molecule has 0 saturated heterocycles. The molecule has 0 heterocycles. The van der Waals surface area contributed by atoms with Gasteiger partial charge in [0.25, 0.3) is 0 Å². The van der Waals surface area contributed by atoms with E-state index in [4.69, 9.17) is 4.43 Å². The molecule has 0 bridgehead atoms. The van der Waals surface area contributed by atoms with Gasteiger partial charge < -0.3 is 0 Å². The van der Waals surface area contributed by atoms with E-state index in [1.165, 1.54) is 68.5 Å². The summed E-state index contributed by atoms with van der Waals surface area (Å²) in [5, 5.41) is 11.9. The van der Waals surface area contributed by atoms with Crippen LogP contribution in [0, 0.1) is 20.8 Å². The summed E-state index contributed by atoms with van der Waals surface area (Å²) < 4.78 is 12.7. The Hall–Kier alpha value is -0.104. The fourth-order valence-electron chi connectivity index (χ4n) is 5.49. The molecule has 0 amide bonds. The van der Waals surface area contributed by atoms with E-state index in [-0.39, 0.29) is 5.04 Å². The molecule has 36 heavy (non-hydrogen) atoms. The molecule has 1 atom stereocenters. The molecule has 1 N–H and O–H groups in total. The normalized spacial score (nSPS) is 14.4. The zero-order valence-corrected chi connectivity index (χ0v) is 29.8. The summed E-state index contributed by atoms with van der Waals surface area (Å²) in [5.41, 5.74) is 4.81. The first-order valence-electron chi connectivity index (χ1n) is 14.9. The van der Waals surface area contributed by atoms with E-state index in [2.05, 4.69) is 93.6 Å². The Bertz CT molecular complexity index is 777. The van der Waals surface area contributed by atoms with Crippen LogP contribution in [0.4, 0.5) is 0 Å². The monoisotopic (exact) mass is 624 g/mol. The van der Waals surface area contributed by atoms with Crippen molar-refractivity contribution >= 4 is 26.7 Å². The van der Waals surface area contributed by atoms with E-state index in [9.17, 15) is 5.11 Å². The minimum absolute atomic E-state index is 0.222. The zero-order valence-electron chi connectivity index (χ0n) is 25.9.